The summed E-state index contributed by atoms with van der Waals surface area (Å²) < 4.78 is 0. The fourth-order valence-electron chi connectivity index (χ4n) is 2.34. The SMILES string of the molecule is CC(C)C1CCc2cnccc2C1O. The Bertz CT molecular complexity index is 322. The van der Waals surface area contributed by atoms with Crippen molar-refractivity contribution in [3.8, 4) is 0 Å². The van der Waals surface area contributed by atoms with Gasteiger partial charge in [-0.3, -0.25) is 4.98 Å². The predicted molar refractivity (Wildman–Crippen MR) is 55.8 cm³/mol. The van der Waals surface area contributed by atoms with Crippen LogP contribution in [0.15, 0.2) is 18.5 Å². The first-order valence-corrected chi connectivity index (χ1v) is 5.31. The van der Waals surface area contributed by atoms with E-state index in [-0.39, 0.29) is 6.10 Å². The van der Waals surface area contributed by atoms with Gasteiger partial charge in [-0.15, -0.1) is 0 Å². The molecule has 14 heavy (non-hydrogen) atoms. The van der Waals surface area contributed by atoms with Gasteiger partial charge in [0.05, 0.1) is 6.10 Å². The smallest absolute Gasteiger partial charge is 0.0824 e. The molecule has 0 saturated heterocycles. The molecular formula is C12H17NO. The van der Waals surface area contributed by atoms with E-state index in [1.165, 1.54) is 5.56 Å². The van der Waals surface area contributed by atoms with Gasteiger partial charge in [0.25, 0.3) is 0 Å². The first-order chi connectivity index (χ1) is 6.70. The normalized spacial score (nSPS) is 26.3. The molecule has 0 aliphatic heterocycles. The Morgan fingerprint density at radius 1 is 1.50 bits per heavy atom. The quantitative estimate of drug-likeness (QED) is 0.739. The highest BCUT2D eigenvalue weighted by Gasteiger charge is 2.29. The first-order valence-electron chi connectivity index (χ1n) is 5.31. The summed E-state index contributed by atoms with van der Waals surface area (Å²) in [6.07, 6.45) is 5.50. The second kappa shape index (κ2) is 3.70. The van der Waals surface area contributed by atoms with Crippen LogP contribution in [0.1, 0.15) is 37.5 Å². The van der Waals surface area contributed by atoms with Gasteiger partial charge in [-0.25, -0.2) is 0 Å². The third kappa shape index (κ3) is 1.55. The van der Waals surface area contributed by atoms with Crippen molar-refractivity contribution in [2.75, 3.05) is 0 Å². The van der Waals surface area contributed by atoms with E-state index in [9.17, 15) is 5.11 Å². The Kier molecular flexibility index (Phi) is 2.55. The summed E-state index contributed by atoms with van der Waals surface area (Å²) in [7, 11) is 0. The van der Waals surface area contributed by atoms with Crippen LogP contribution in [0.2, 0.25) is 0 Å². The Morgan fingerprint density at radius 3 is 3.00 bits per heavy atom. The zero-order valence-electron chi connectivity index (χ0n) is 8.77. The molecule has 1 aliphatic rings. The molecule has 1 heterocycles. The molecule has 2 unspecified atom stereocenters. The maximum atomic E-state index is 10.2. The number of hydrogen-bond donors (Lipinski definition) is 1. The second-order valence-corrected chi connectivity index (χ2v) is 4.47. The number of pyridine rings is 1. The summed E-state index contributed by atoms with van der Waals surface area (Å²) in [5, 5.41) is 10.2. The minimum atomic E-state index is -0.290. The van der Waals surface area contributed by atoms with Gasteiger partial charge >= 0.3 is 0 Å². The van der Waals surface area contributed by atoms with E-state index in [1.807, 2.05) is 12.3 Å². The summed E-state index contributed by atoms with van der Waals surface area (Å²) >= 11 is 0. The first kappa shape index (κ1) is 9.66. The minimum absolute atomic E-state index is 0.290. The number of fused-ring (bicyclic) bond motifs is 1. The molecule has 0 bridgehead atoms. The molecule has 2 atom stereocenters. The van der Waals surface area contributed by atoms with Crippen molar-refractivity contribution >= 4 is 0 Å². The van der Waals surface area contributed by atoms with Crippen LogP contribution in [0, 0.1) is 11.8 Å². The highest BCUT2D eigenvalue weighted by Crippen LogP contribution is 2.37. The number of aromatic nitrogens is 1. The maximum absolute atomic E-state index is 10.2. The van der Waals surface area contributed by atoms with Crippen molar-refractivity contribution in [2.24, 2.45) is 11.8 Å². The average Bonchev–Trinajstić information content (AvgIpc) is 2.18. The molecule has 0 aromatic carbocycles. The van der Waals surface area contributed by atoms with Crippen molar-refractivity contribution in [1.29, 1.82) is 0 Å². The van der Waals surface area contributed by atoms with Gasteiger partial charge in [-0.05, 0) is 41.9 Å². The maximum Gasteiger partial charge on any atom is 0.0824 e. The van der Waals surface area contributed by atoms with Crippen LogP contribution in [0.4, 0.5) is 0 Å². The van der Waals surface area contributed by atoms with Crippen LogP contribution in [0.25, 0.3) is 0 Å². The average molecular weight is 191 g/mol. The molecule has 1 aromatic heterocycles. The standard InChI is InChI=1S/C12H17NO/c1-8(2)10-4-3-9-7-13-6-5-11(9)12(10)14/h5-8,10,12,14H,3-4H2,1-2H3. The third-order valence-corrected chi connectivity index (χ3v) is 3.27. The predicted octanol–water partition coefficient (Wildman–Crippen LogP) is 2.33. The van der Waals surface area contributed by atoms with Crippen LogP contribution >= 0.6 is 0 Å². The van der Waals surface area contributed by atoms with Crippen LogP contribution in [-0.4, -0.2) is 10.1 Å². The molecule has 2 nitrogen and oxygen atoms in total. The highest BCUT2D eigenvalue weighted by atomic mass is 16.3. The van der Waals surface area contributed by atoms with Crippen LogP contribution in [-0.2, 0) is 6.42 Å². The van der Waals surface area contributed by atoms with Gasteiger partial charge in [0.1, 0.15) is 0 Å². The number of nitrogens with zero attached hydrogens (tertiary/aromatic N) is 1. The van der Waals surface area contributed by atoms with Crippen molar-refractivity contribution in [2.45, 2.75) is 32.8 Å². The zero-order chi connectivity index (χ0) is 10.1. The topological polar surface area (TPSA) is 33.1 Å². The van der Waals surface area contributed by atoms with Gasteiger partial charge in [-0.2, -0.15) is 0 Å². The molecule has 1 aromatic rings. The van der Waals surface area contributed by atoms with Crippen molar-refractivity contribution < 1.29 is 5.11 Å². The lowest BCUT2D eigenvalue weighted by Crippen LogP contribution is -2.24. The lowest BCUT2D eigenvalue weighted by molar-refractivity contribution is 0.0668. The van der Waals surface area contributed by atoms with Crippen molar-refractivity contribution in [3.05, 3.63) is 29.6 Å². The fraction of sp³-hybridized carbons (Fsp3) is 0.583. The molecule has 0 amide bonds. The van der Waals surface area contributed by atoms with E-state index < -0.39 is 0 Å². The molecule has 1 N–H and O–H groups in total. The number of aliphatic hydroxyl groups is 1. The molecule has 0 spiro atoms. The van der Waals surface area contributed by atoms with E-state index >= 15 is 0 Å². The molecule has 2 rings (SSSR count). The van der Waals surface area contributed by atoms with Gasteiger partial charge in [0.2, 0.25) is 0 Å². The summed E-state index contributed by atoms with van der Waals surface area (Å²) in [5.74, 6) is 0.955. The number of aliphatic hydroxyl groups excluding tert-OH is 1. The molecule has 0 fully saturated rings. The van der Waals surface area contributed by atoms with Gasteiger partial charge < -0.3 is 5.11 Å². The molecule has 76 valence electrons. The zero-order valence-corrected chi connectivity index (χ0v) is 8.77. The molecule has 0 saturated carbocycles. The largest absolute Gasteiger partial charge is 0.388 e. The Morgan fingerprint density at radius 2 is 2.29 bits per heavy atom. The van der Waals surface area contributed by atoms with Crippen LogP contribution < -0.4 is 0 Å². The highest BCUT2D eigenvalue weighted by molar-refractivity contribution is 5.28. The van der Waals surface area contributed by atoms with E-state index in [0.29, 0.717) is 11.8 Å². The summed E-state index contributed by atoms with van der Waals surface area (Å²) in [6, 6.07) is 1.95. The van der Waals surface area contributed by atoms with Crippen molar-refractivity contribution in [3.63, 3.8) is 0 Å². The van der Waals surface area contributed by atoms with Crippen molar-refractivity contribution in [1.82, 2.24) is 4.98 Å². The minimum Gasteiger partial charge on any atom is -0.388 e. The monoisotopic (exact) mass is 191 g/mol. The summed E-state index contributed by atoms with van der Waals surface area (Å²) in [4.78, 5) is 4.09. The van der Waals surface area contributed by atoms with Gasteiger partial charge in [-0.1, -0.05) is 13.8 Å². The number of rotatable bonds is 1. The Labute approximate surface area is 85.0 Å². The molecule has 1 aliphatic carbocycles. The molecule has 2 heteroatoms. The fourth-order valence-corrected chi connectivity index (χ4v) is 2.34. The Hall–Kier alpha value is -0.890. The Balaban J connectivity index is 2.31. The lowest BCUT2D eigenvalue weighted by Gasteiger charge is -2.32. The number of hydrogen-bond acceptors (Lipinski definition) is 2. The van der Waals surface area contributed by atoms with Crippen LogP contribution in [0.3, 0.4) is 0 Å². The number of aryl methyl sites for hydroxylation is 1. The second-order valence-electron chi connectivity index (χ2n) is 4.47. The van der Waals surface area contributed by atoms with E-state index in [0.717, 1.165) is 18.4 Å². The van der Waals surface area contributed by atoms with E-state index in [1.54, 1.807) is 6.20 Å². The van der Waals surface area contributed by atoms with Gasteiger partial charge in [0, 0.05) is 12.4 Å². The van der Waals surface area contributed by atoms with E-state index in [2.05, 4.69) is 18.8 Å². The van der Waals surface area contributed by atoms with Crippen LogP contribution in [0.5, 0.6) is 0 Å². The lowest BCUT2D eigenvalue weighted by atomic mass is 9.77. The third-order valence-electron chi connectivity index (χ3n) is 3.27. The van der Waals surface area contributed by atoms with E-state index in [4.69, 9.17) is 0 Å². The van der Waals surface area contributed by atoms with Gasteiger partial charge in [0.15, 0.2) is 0 Å². The molecular weight excluding hydrogens is 174 g/mol. The summed E-state index contributed by atoms with van der Waals surface area (Å²) in [5.41, 5.74) is 2.31. The summed E-state index contributed by atoms with van der Waals surface area (Å²) in [6.45, 7) is 4.36. The molecule has 0 radical (unpaired) electrons.